The Morgan fingerprint density at radius 3 is 2.85 bits per heavy atom. The van der Waals surface area contributed by atoms with E-state index in [-0.39, 0.29) is 23.4 Å². The van der Waals surface area contributed by atoms with Gasteiger partial charge in [0.25, 0.3) is 0 Å². The molecule has 0 aliphatic rings. The third-order valence-corrected chi connectivity index (χ3v) is 2.84. The molecule has 0 atom stereocenters. The molecular weight excluding hydrogens is 350 g/mol. The highest BCUT2D eigenvalue weighted by atomic mass is 127. The van der Waals surface area contributed by atoms with Crippen LogP contribution in [-0.4, -0.2) is 11.1 Å². The zero-order chi connectivity index (χ0) is 9.84. The maximum Gasteiger partial charge on any atom is 0.147 e. The fourth-order valence-corrected chi connectivity index (χ4v) is 1.69. The molecule has 0 N–H and O–H groups in total. The SMILES string of the molecule is O=C(CBr)Cc1cc(I)ccc1F. The smallest absolute Gasteiger partial charge is 0.147 e. The fourth-order valence-electron chi connectivity index (χ4n) is 0.938. The number of benzene rings is 1. The molecule has 0 amide bonds. The van der Waals surface area contributed by atoms with E-state index in [1.807, 2.05) is 0 Å². The Hall–Kier alpha value is 0.0300. The lowest BCUT2D eigenvalue weighted by atomic mass is 10.1. The van der Waals surface area contributed by atoms with Crippen molar-refractivity contribution in [3.63, 3.8) is 0 Å². The minimum atomic E-state index is -0.310. The van der Waals surface area contributed by atoms with Crippen LogP contribution in [0, 0.1) is 9.39 Å². The molecule has 0 saturated carbocycles. The summed E-state index contributed by atoms with van der Waals surface area (Å²) in [6.45, 7) is 0. The molecule has 0 radical (unpaired) electrons. The average Bonchev–Trinajstić information content (AvgIpc) is 2.11. The van der Waals surface area contributed by atoms with Crippen molar-refractivity contribution in [2.45, 2.75) is 6.42 Å². The van der Waals surface area contributed by atoms with E-state index in [0.29, 0.717) is 5.56 Å². The number of carbonyl (C=O) groups excluding carboxylic acids is 1. The molecule has 0 fully saturated rings. The lowest BCUT2D eigenvalue weighted by molar-refractivity contribution is -0.115. The first kappa shape index (κ1) is 11.1. The number of Topliss-reactive ketones (excluding diaryl/α,β-unsaturated/α-hetero) is 1. The third kappa shape index (κ3) is 3.34. The summed E-state index contributed by atoms with van der Waals surface area (Å²) in [7, 11) is 0. The number of halogens is 3. The molecule has 4 heteroatoms. The van der Waals surface area contributed by atoms with Gasteiger partial charge in [-0.15, -0.1) is 0 Å². The van der Waals surface area contributed by atoms with Crippen LogP contribution in [0.3, 0.4) is 0 Å². The van der Waals surface area contributed by atoms with Crippen LogP contribution in [0.1, 0.15) is 5.56 Å². The van der Waals surface area contributed by atoms with E-state index < -0.39 is 0 Å². The van der Waals surface area contributed by atoms with Gasteiger partial charge >= 0.3 is 0 Å². The van der Waals surface area contributed by atoms with Crippen LogP contribution >= 0.6 is 38.5 Å². The van der Waals surface area contributed by atoms with Crippen LogP contribution in [0.5, 0.6) is 0 Å². The Bertz CT molecular complexity index is 327. The maximum atomic E-state index is 13.1. The first-order chi connectivity index (χ1) is 6.13. The second kappa shape index (κ2) is 5.05. The monoisotopic (exact) mass is 356 g/mol. The van der Waals surface area contributed by atoms with Gasteiger partial charge in [0.05, 0.1) is 5.33 Å². The summed E-state index contributed by atoms with van der Waals surface area (Å²) in [5, 5.41) is 0.276. The minimum absolute atomic E-state index is 0.0131. The van der Waals surface area contributed by atoms with Crippen molar-refractivity contribution in [1.82, 2.24) is 0 Å². The quantitative estimate of drug-likeness (QED) is 0.601. The second-order valence-corrected chi connectivity index (χ2v) is 4.39. The summed E-state index contributed by atoms with van der Waals surface area (Å²) in [5.74, 6) is -0.324. The predicted octanol–water partition coefficient (Wildman–Crippen LogP) is 2.94. The van der Waals surface area contributed by atoms with Gasteiger partial charge < -0.3 is 0 Å². The molecule has 1 rings (SSSR count). The zero-order valence-electron chi connectivity index (χ0n) is 6.69. The summed E-state index contributed by atoms with van der Waals surface area (Å²) < 4.78 is 14.0. The molecule has 1 aromatic carbocycles. The van der Waals surface area contributed by atoms with Crippen LogP contribution in [0.4, 0.5) is 4.39 Å². The lowest BCUT2D eigenvalue weighted by Gasteiger charge is -2.01. The van der Waals surface area contributed by atoms with Gasteiger partial charge in [-0.05, 0) is 46.4 Å². The largest absolute Gasteiger partial charge is 0.298 e. The van der Waals surface area contributed by atoms with E-state index in [1.165, 1.54) is 6.07 Å². The Labute approximate surface area is 98.0 Å². The van der Waals surface area contributed by atoms with Gasteiger partial charge in [0.15, 0.2) is 0 Å². The summed E-state index contributed by atoms with van der Waals surface area (Å²) in [6.07, 6.45) is 0.161. The molecule has 13 heavy (non-hydrogen) atoms. The minimum Gasteiger partial charge on any atom is -0.298 e. The summed E-state index contributed by atoms with van der Waals surface area (Å²) >= 11 is 5.13. The van der Waals surface area contributed by atoms with Gasteiger partial charge in [-0.2, -0.15) is 0 Å². The molecule has 0 aliphatic heterocycles. The molecule has 1 nitrogen and oxygen atoms in total. The van der Waals surface area contributed by atoms with Crippen molar-refractivity contribution in [2.75, 3.05) is 5.33 Å². The number of hydrogen-bond donors (Lipinski definition) is 0. The van der Waals surface area contributed by atoms with E-state index in [9.17, 15) is 9.18 Å². The summed E-state index contributed by atoms with van der Waals surface area (Å²) in [4.78, 5) is 11.0. The highest BCUT2D eigenvalue weighted by Crippen LogP contribution is 2.13. The van der Waals surface area contributed by atoms with Gasteiger partial charge in [0, 0.05) is 9.99 Å². The molecule has 0 aliphatic carbocycles. The van der Waals surface area contributed by atoms with Gasteiger partial charge in [-0.3, -0.25) is 4.79 Å². The van der Waals surface area contributed by atoms with E-state index in [1.54, 1.807) is 12.1 Å². The Morgan fingerprint density at radius 2 is 2.23 bits per heavy atom. The van der Waals surface area contributed by atoms with Gasteiger partial charge in [0.1, 0.15) is 11.6 Å². The van der Waals surface area contributed by atoms with Crippen molar-refractivity contribution >= 4 is 44.3 Å². The van der Waals surface area contributed by atoms with Gasteiger partial charge in [-0.25, -0.2) is 4.39 Å². The number of alkyl halides is 1. The zero-order valence-corrected chi connectivity index (χ0v) is 10.4. The maximum absolute atomic E-state index is 13.1. The fraction of sp³-hybridized carbons (Fsp3) is 0.222. The molecule has 0 heterocycles. The lowest BCUT2D eigenvalue weighted by Crippen LogP contribution is -2.05. The molecule has 0 saturated heterocycles. The Morgan fingerprint density at radius 1 is 1.54 bits per heavy atom. The van der Waals surface area contributed by atoms with Crippen LogP contribution in [0.2, 0.25) is 0 Å². The van der Waals surface area contributed by atoms with Gasteiger partial charge in [0.2, 0.25) is 0 Å². The van der Waals surface area contributed by atoms with Crippen molar-refractivity contribution in [3.05, 3.63) is 33.1 Å². The van der Waals surface area contributed by atoms with E-state index in [0.717, 1.165) is 3.57 Å². The highest BCUT2D eigenvalue weighted by Gasteiger charge is 2.07. The number of ketones is 1. The van der Waals surface area contributed by atoms with Gasteiger partial charge in [-0.1, -0.05) is 15.9 Å². The molecule has 1 aromatic rings. The standard InChI is InChI=1S/C9H7BrFIO/c10-5-8(13)4-6-3-7(12)1-2-9(6)11/h1-3H,4-5H2. The average molecular weight is 357 g/mol. The third-order valence-electron chi connectivity index (χ3n) is 1.54. The van der Waals surface area contributed by atoms with Crippen LogP contribution in [0.15, 0.2) is 18.2 Å². The topological polar surface area (TPSA) is 17.1 Å². The number of carbonyl (C=O) groups is 1. The number of rotatable bonds is 3. The molecule has 70 valence electrons. The number of hydrogen-bond acceptors (Lipinski definition) is 1. The molecule has 0 spiro atoms. The van der Waals surface area contributed by atoms with Crippen LogP contribution in [-0.2, 0) is 11.2 Å². The Balaban J connectivity index is 2.87. The predicted molar refractivity (Wildman–Crippen MR) is 61.6 cm³/mol. The molecule has 0 aromatic heterocycles. The Kier molecular flexibility index (Phi) is 4.31. The second-order valence-electron chi connectivity index (χ2n) is 2.58. The molecule has 0 unspecified atom stereocenters. The van der Waals surface area contributed by atoms with Crippen molar-refractivity contribution in [1.29, 1.82) is 0 Å². The normalized spacial score (nSPS) is 10.1. The van der Waals surface area contributed by atoms with E-state index in [2.05, 4.69) is 38.5 Å². The van der Waals surface area contributed by atoms with E-state index in [4.69, 9.17) is 0 Å². The van der Waals surface area contributed by atoms with Crippen LogP contribution < -0.4 is 0 Å². The van der Waals surface area contributed by atoms with Crippen molar-refractivity contribution in [2.24, 2.45) is 0 Å². The van der Waals surface area contributed by atoms with E-state index >= 15 is 0 Å². The van der Waals surface area contributed by atoms with Crippen molar-refractivity contribution in [3.8, 4) is 0 Å². The molecular formula is C9H7BrFIO. The van der Waals surface area contributed by atoms with Crippen molar-refractivity contribution < 1.29 is 9.18 Å². The van der Waals surface area contributed by atoms with Crippen LogP contribution in [0.25, 0.3) is 0 Å². The summed E-state index contributed by atoms with van der Waals surface area (Å²) in [5.41, 5.74) is 0.469. The highest BCUT2D eigenvalue weighted by molar-refractivity contribution is 14.1. The first-order valence-corrected chi connectivity index (χ1v) is 5.85. The summed E-state index contributed by atoms with van der Waals surface area (Å²) in [6, 6.07) is 4.76. The first-order valence-electron chi connectivity index (χ1n) is 3.65. The molecule has 0 bridgehead atoms.